The average Bonchev–Trinajstić information content (AvgIpc) is 2.64. The van der Waals surface area contributed by atoms with Gasteiger partial charge in [-0.3, -0.25) is 0 Å². The standard InChI is InChI=1S/C20H25F2N3O3.HI/c1-4-26-15-7-9-18(27-5-2)16(11-15)25-20(23)24-12-14-10-13(3)6-8-17(14)28-19(21)22;/h6-11,19H,4-5,12H2,1-3H3,(H3,23,24,25);1H. The van der Waals surface area contributed by atoms with E-state index in [4.69, 9.17) is 15.2 Å². The third kappa shape index (κ3) is 7.92. The Bertz CT molecular complexity index is 820. The molecule has 0 saturated heterocycles. The second-order valence-electron chi connectivity index (χ2n) is 5.84. The first-order valence-corrected chi connectivity index (χ1v) is 8.93. The van der Waals surface area contributed by atoms with Gasteiger partial charge in [0.25, 0.3) is 0 Å². The SMILES string of the molecule is CCOc1ccc(OCC)c(NC(N)=NCc2cc(C)ccc2OC(F)F)c1.I. The molecule has 9 heteroatoms. The van der Waals surface area contributed by atoms with Gasteiger partial charge in [-0.25, -0.2) is 4.99 Å². The van der Waals surface area contributed by atoms with Crippen molar-refractivity contribution >= 4 is 35.6 Å². The van der Waals surface area contributed by atoms with E-state index >= 15 is 0 Å². The molecule has 0 fully saturated rings. The maximum absolute atomic E-state index is 12.6. The number of rotatable bonds is 9. The average molecular weight is 521 g/mol. The Balaban J connectivity index is 0.00000420. The fourth-order valence-corrected chi connectivity index (χ4v) is 2.54. The number of guanidine groups is 1. The summed E-state index contributed by atoms with van der Waals surface area (Å²) in [4.78, 5) is 4.24. The molecule has 0 amide bonds. The maximum Gasteiger partial charge on any atom is 0.387 e. The Morgan fingerprint density at radius 3 is 2.41 bits per heavy atom. The van der Waals surface area contributed by atoms with Gasteiger partial charge in [-0.1, -0.05) is 17.7 Å². The second kappa shape index (κ2) is 12.3. The molecule has 0 saturated carbocycles. The minimum absolute atomic E-state index is 0. The van der Waals surface area contributed by atoms with Crippen LogP contribution in [0, 0.1) is 6.92 Å². The molecule has 2 aromatic rings. The van der Waals surface area contributed by atoms with Crippen LogP contribution < -0.4 is 25.3 Å². The van der Waals surface area contributed by atoms with Gasteiger partial charge in [-0.2, -0.15) is 8.78 Å². The lowest BCUT2D eigenvalue weighted by Gasteiger charge is -2.14. The summed E-state index contributed by atoms with van der Waals surface area (Å²) in [6.45, 7) is 3.80. The molecule has 0 unspecified atom stereocenters. The van der Waals surface area contributed by atoms with Crippen molar-refractivity contribution < 1.29 is 23.0 Å². The van der Waals surface area contributed by atoms with E-state index in [1.54, 1.807) is 30.3 Å². The van der Waals surface area contributed by atoms with E-state index in [1.165, 1.54) is 6.07 Å². The molecule has 0 radical (unpaired) electrons. The predicted octanol–water partition coefficient (Wildman–Crippen LogP) is 4.94. The van der Waals surface area contributed by atoms with Crippen molar-refractivity contribution in [3.8, 4) is 17.2 Å². The first-order chi connectivity index (χ1) is 13.4. The minimum Gasteiger partial charge on any atom is -0.494 e. The molecular formula is C20H26F2IN3O3. The van der Waals surface area contributed by atoms with Gasteiger partial charge < -0.3 is 25.3 Å². The van der Waals surface area contributed by atoms with Gasteiger partial charge in [-0.15, -0.1) is 24.0 Å². The zero-order chi connectivity index (χ0) is 20.5. The zero-order valence-corrected chi connectivity index (χ0v) is 18.9. The summed E-state index contributed by atoms with van der Waals surface area (Å²) in [5.74, 6) is 1.44. The summed E-state index contributed by atoms with van der Waals surface area (Å²) < 4.78 is 40.8. The first kappa shape index (κ1) is 24.7. The number of aryl methyl sites for hydroxylation is 1. The highest BCUT2D eigenvalue weighted by molar-refractivity contribution is 14.0. The van der Waals surface area contributed by atoms with Gasteiger partial charge in [0.15, 0.2) is 5.96 Å². The number of alkyl halides is 2. The summed E-state index contributed by atoms with van der Waals surface area (Å²) in [5.41, 5.74) is 8.00. The number of hydrogen-bond donors (Lipinski definition) is 2. The van der Waals surface area contributed by atoms with Crippen molar-refractivity contribution in [1.82, 2.24) is 0 Å². The lowest BCUT2D eigenvalue weighted by Crippen LogP contribution is -2.23. The van der Waals surface area contributed by atoms with Crippen molar-refractivity contribution in [1.29, 1.82) is 0 Å². The highest BCUT2D eigenvalue weighted by atomic mass is 127. The van der Waals surface area contributed by atoms with Crippen LogP contribution in [-0.4, -0.2) is 25.8 Å². The number of benzene rings is 2. The molecule has 29 heavy (non-hydrogen) atoms. The van der Waals surface area contributed by atoms with Crippen molar-refractivity contribution in [2.24, 2.45) is 10.7 Å². The van der Waals surface area contributed by atoms with E-state index in [-0.39, 0.29) is 42.2 Å². The fourth-order valence-electron chi connectivity index (χ4n) is 2.54. The van der Waals surface area contributed by atoms with Gasteiger partial charge in [0.2, 0.25) is 0 Å². The van der Waals surface area contributed by atoms with Crippen LogP contribution in [0.15, 0.2) is 41.4 Å². The lowest BCUT2D eigenvalue weighted by molar-refractivity contribution is -0.0504. The number of nitrogens with two attached hydrogens (primary N) is 1. The zero-order valence-electron chi connectivity index (χ0n) is 16.6. The molecule has 0 spiro atoms. The lowest BCUT2D eigenvalue weighted by atomic mass is 10.1. The molecule has 6 nitrogen and oxygen atoms in total. The third-order valence-electron chi connectivity index (χ3n) is 3.68. The molecule has 0 atom stereocenters. The molecule has 0 aliphatic heterocycles. The molecule has 0 aromatic heterocycles. The number of anilines is 1. The van der Waals surface area contributed by atoms with Gasteiger partial charge in [0, 0.05) is 11.6 Å². The highest BCUT2D eigenvalue weighted by Gasteiger charge is 2.11. The molecule has 3 N–H and O–H groups in total. The summed E-state index contributed by atoms with van der Waals surface area (Å²) in [6, 6.07) is 10.3. The van der Waals surface area contributed by atoms with Crippen LogP contribution in [0.2, 0.25) is 0 Å². The van der Waals surface area contributed by atoms with Gasteiger partial charge in [0.05, 0.1) is 25.4 Å². The van der Waals surface area contributed by atoms with E-state index in [1.807, 2.05) is 20.8 Å². The molecule has 0 aliphatic carbocycles. The second-order valence-corrected chi connectivity index (χ2v) is 5.84. The van der Waals surface area contributed by atoms with Crippen LogP contribution in [0.4, 0.5) is 14.5 Å². The van der Waals surface area contributed by atoms with Crippen LogP contribution in [0.1, 0.15) is 25.0 Å². The van der Waals surface area contributed by atoms with Gasteiger partial charge >= 0.3 is 6.61 Å². The summed E-state index contributed by atoms with van der Waals surface area (Å²) >= 11 is 0. The highest BCUT2D eigenvalue weighted by Crippen LogP contribution is 2.29. The quantitative estimate of drug-likeness (QED) is 0.278. The number of hydrogen-bond acceptors (Lipinski definition) is 4. The normalized spacial score (nSPS) is 11.0. The fraction of sp³-hybridized carbons (Fsp3) is 0.350. The topological polar surface area (TPSA) is 78.1 Å². The Morgan fingerprint density at radius 1 is 1.07 bits per heavy atom. The minimum atomic E-state index is -2.91. The Labute approximate surface area is 186 Å². The Morgan fingerprint density at radius 2 is 1.76 bits per heavy atom. The summed E-state index contributed by atoms with van der Waals surface area (Å²) in [7, 11) is 0. The van der Waals surface area contributed by atoms with Crippen molar-refractivity contribution in [3.05, 3.63) is 47.5 Å². The number of nitrogens with zero attached hydrogens (tertiary/aromatic N) is 1. The van der Waals surface area contributed by atoms with Crippen LogP contribution >= 0.6 is 24.0 Å². The molecule has 0 bridgehead atoms. The molecule has 2 aromatic carbocycles. The largest absolute Gasteiger partial charge is 0.494 e. The van der Waals surface area contributed by atoms with E-state index in [9.17, 15) is 8.78 Å². The molecule has 2 rings (SSSR count). The van der Waals surface area contributed by atoms with Crippen molar-refractivity contribution in [2.45, 2.75) is 33.9 Å². The van der Waals surface area contributed by atoms with E-state index < -0.39 is 6.61 Å². The predicted molar refractivity (Wildman–Crippen MR) is 121 cm³/mol. The van der Waals surface area contributed by atoms with E-state index in [0.29, 0.717) is 36.0 Å². The van der Waals surface area contributed by atoms with Crippen LogP contribution in [-0.2, 0) is 6.54 Å². The van der Waals surface area contributed by atoms with Gasteiger partial charge in [0.1, 0.15) is 17.2 Å². The van der Waals surface area contributed by atoms with Gasteiger partial charge in [-0.05, 0) is 39.0 Å². The van der Waals surface area contributed by atoms with Crippen LogP contribution in [0.5, 0.6) is 17.2 Å². The third-order valence-corrected chi connectivity index (χ3v) is 3.68. The number of halogens is 3. The number of aliphatic imine (C=N–C) groups is 1. The van der Waals surface area contributed by atoms with Crippen molar-refractivity contribution in [2.75, 3.05) is 18.5 Å². The van der Waals surface area contributed by atoms with Crippen molar-refractivity contribution in [3.63, 3.8) is 0 Å². The monoisotopic (exact) mass is 521 g/mol. The molecule has 0 aliphatic rings. The molecule has 160 valence electrons. The molecule has 0 heterocycles. The number of nitrogens with one attached hydrogen (secondary N) is 1. The van der Waals surface area contributed by atoms with E-state index in [2.05, 4.69) is 15.0 Å². The maximum atomic E-state index is 12.6. The number of ether oxygens (including phenoxy) is 3. The Kier molecular flexibility index (Phi) is 10.5. The van der Waals surface area contributed by atoms with Crippen LogP contribution in [0.25, 0.3) is 0 Å². The van der Waals surface area contributed by atoms with Crippen LogP contribution in [0.3, 0.4) is 0 Å². The summed E-state index contributed by atoms with van der Waals surface area (Å²) in [5, 5.41) is 2.97. The molecular weight excluding hydrogens is 495 g/mol. The summed E-state index contributed by atoms with van der Waals surface area (Å²) in [6.07, 6.45) is 0. The Hall–Kier alpha value is -2.30. The van der Waals surface area contributed by atoms with E-state index in [0.717, 1.165) is 5.56 Å². The first-order valence-electron chi connectivity index (χ1n) is 8.93. The smallest absolute Gasteiger partial charge is 0.387 e.